The van der Waals surface area contributed by atoms with E-state index in [0.29, 0.717) is 18.0 Å². The lowest BCUT2D eigenvalue weighted by Crippen LogP contribution is -2.21. The van der Waals surface area contributed by atoms with Crippen molar-refractivity contribution in [2.24, 2.45) is 17.4 Å². The van der Waals surface area contributed by atoms with E-state index in [1.807, 2.05) is 0 Å². The average molecular weight is 238 g/mol. The standard InChI is InChI=1S/C10H14N4O3/c11-9(15)8-7(5-17-10(12)16)3-13-14(8)4-6-1-2-6/h3,6H,1-2,4-5H2,(H2,11,15)(H2,12,16). The molecule has 1 aliphatic rings. The van der Waals surface area contributed by atoms with E-state index in [0.717, 1.165) is 12.8 Å². The molecule has 1 aromatic rings. The number of nitrogens with zero attached hydrogens (tertiary/aromatic N) is 2. The number of primary amides is 2. The van der Waals surface area contributed by atoms with Crippen LogP contribution < -0.4 is 11.5 Å². The van der Waals surface area contributed by atoms with Crippen molar-refractivity contribution < 1.29 is 14.3 Å². The van der Waals surface area contributed by atoms with Crippen LogP contribution in [0.3, 0.4) is 0 Å². The van der Waals surface area contributed by atoms with E-state index < -0.39 is 12.0 Å². The minimum Gasteiger partial charge on any atom is -0.445 e. The smallest absolute Gasteiger partial charge is 0.404 e. The maximum Gasteiger partial charge on any atom is 0.404 e. The first-order chi connectivity index (χ1) is 8.08. The van der Waals surface area contributed by atoms with Crippen molar-refractivity contribution in [2.75, 3.05) is 0 Å². The highest BCUT2D eigenvalue weighted by Crippen LogP contribution is 2.31. The van der Waals surface area contributed by atoms with Crippen LogP contribution in [0.15, 0.2) is 6.20 Å². The molecule has 2 rings (SSSR count). The summed E-state index contributed by atoms with van der Waals surface area (Å²) in [6.07, 6.45) is 2.87. The fourth-order valence-electron chi connectivity index (χ4n) is 1.65. The van der Waals surface area contributed by atoms with E-state index in [1.54, 1.807) is 4.68 Å². The van der Waals surface area contributed by atoms with Gasteiger partial charge in [0, 0.05) is 12.1 Å². The lowest BCUT2D eigenvalue weighted by atomic mass is 10.2. The molecule has 1 heterocycles. The molecular formula is C10H14N4O3. The van der Waals surface area contributed by atoms with Crippen LogP contribution in [0.4, 0.5) is 4.79 Å². The summed E-state index contributed by atoms with van der Waals surface area (Å²) in [5.74, 6) is -0.0101. The molecule has 0 unspecified atom stereocenters. The van der Waals surface area contributed by atoms with Gasteiger partial charge in [-0.1, -0.05) is 0 Å². The predicted octanol–water partition coefficient (Wildman–Crippen LogP) is -0.0127. The van der Waals surface area contributed by atoms with Gasteiger partial charge >= 0.3 is 6.09 Å². The van der Waals surface area contributed by atoms with Crippen molar-refractivity contribution in [3.05, 3.63) is 17.5 Å². The molecule has 1 fully saturated rings. The SMILES string of the molecule is NC(=O)OCc1cnn(CC2CC2)c1C(N)=O. The summed E-state index contributed by atoms with van der Waals surface area (Å²) < 4.78 is 6.20. The molecule has 7 heteroatoms. The molecule has 2 amide bonds. The van der Waals surface area contributed by atoms with Crippen molar-refractivity contribution in [2.45, 2.75) is 26.0 Å². The van der Waals surface area contributed by atoms with Crippen LogP contribution in [0.25, 0.3) is 0 Å². The van der Waals surface area contributed by atoms with Crippen molar-refractivity contribution in [1.29, 1.82) is 0 Å². The van der Waals surface area contributed by atoms with Crippen molar-refractivity contribution in [3.8, 4) is 0 Å². The average Bonchev–Trinajstić information content (AvgIpc) is 2.94. The summed E-state index contributed by atoms with van der Waals surface area (Å²) in [7, 11) is 0. The van der Waals surface area contributed by atoms with Gasteiger partial charge in [-0.25, -0.2) is 4.79 Å². The Kier molecular flexibility index (Phi) is 2.99. The van der Waals surface area contributed by atoms with Crippen LogP contribution in [0.5, 0.6) is 0 Å². The number of aromatic nitrogens is 2. The Hall–Kier alpha value is -2.05. The van der Waals surface area contributed by atoms with Gasteiger partial charge in [0.15, 0.2) is 0 Å². The molecule has 0 aromatic carbocycles. The maximum atomic E-state index is 11.3. The highest BCUT2D eigenvalue weighted by Gasteiger charge is 2.25. The Morgan fingerprint density at radius 2 is 2.18 bits per heavy atom. The number of hydrogen-bond acceptors (Lipinski definition) is 4. The van der Waals surface area contributed by atoms with Crippen molar-refractivity contribution in [1.82, 2.24) is 9.78 Å². The van der Waals surface area contributed by atoms with Gasteiger partial charge in [0.1, 0.15) is 12.3 Å². The number of carbonyl (C=O) groups excluding carboxylic acids is 2. The first-order valence-electron chi connectivity index (χ1n) is 5.34. The van der Waals surface area contributed by atoms with Gasteiger partial charge in [0.2, 0.25) is 0 Å². The quantitative estimate of drug-likeness (QED) is 0.750. The fourth-order valence-corrected chi connectivity index (χ4v) is 1.65. The third-order valence-electron chi connectivity index (χ3n) is 2.65. The second kappa shape index (κ2) is 4.44. The number of rotatable bonds is 5. The summed E-state index contributed by atoms with van der Waals surface area (Å²) in [6, 6.07) is 0. The zero-order valence-corrected chi connectivity index (χ0v) is 9.26. The van der Waals surface area contributed by atoms with E-state index in [-0.39, 0.29) is 12.3 Å². The molecule has 1 saturated carbocycles. The number of carbonyl (C=O) groups is 2. The third-order valence-corrected chi connectivity index (χ3v) is 2.65. The molecule has 0 spiro atoms. The monoisotopic (exact) mass is 238 g/mol. The van der Waals surface area contributed by atoms with E-state index in [4.69, 9.17) is 11.5 Å². The molecule has 0 aliphatic heterocycles. The molecule has 0 saturated heterocycles. The molecule has 7 nitrogen and oxygen atoms in total. The largest absolute Gasteiger partial charge is 0.445 e. The minimum absolute atomic E-state index is 0.0850. The van der Waals surface area contributed by atoms with Gasteiger partial charge in [-0.2, -0.15) is 5.10 Å². The zero-order chi connectivity index (χ0) is 12.4. The summed E-state index contributed by atoms with van der Waals surface area (Å²) in [5, 5.41) is 4.08. The molecule has 0 bridgehead atoms. The summed E-state index contributed by atoms with van der Waals surface area (Å²) in [4.78, 5) is 21.8. The number of ether oxygens (including phenoxy) is 1. The summed E-state index contributed by atoms with van der Waals surface area (Å²) in [5.41, 5.74) is 10.9. The molecule has 1 aliphatic carbocycles. The van der Waals surface area contributed by atoms with Crippen molar-refractivity contribution in [3.63, 3.8) is 0 Å². The molecule has 0 radical (unpaired) electrons. The van der Waals surface area contributed by atoms with E-state index in [1.165, 1.54) is 6.20 Å². The molecular weight excluding hydrogens is 224 g/mol. The second-order valence-electron chi connectivity index (χ2n) is 4.12. The van der Waals surface area contributed by atoms with Crippen LogP contribution in [0, 0.1) is 5.92 Å². The van der Waals surface area contributed by atoms with Crippen LogP contribution in [-0.4, -0.2) is 21.8 Å². The van der Waals surface area contributed by atoms with Crippen LogP contribution in [0.2, 0.25) is 0 Å². The van der Waals surface area contributed by atoms with E-state index in [2.05, 4.69) is 9.84 Å². The molecule has 92 valence electrons. The van der Waals surface area contributed by atoms with E-state index in [9.17, 15) is 9.59 Å². The second-order valence-corrected chi connectivity index (χ2v) is 4.12. The number of nitrogens with two attached hydrogens (primary N) is 2. The Morgan fingerprint density at radius 1 is 1.47 bits per heavy atom. The van der Waals surface area contributed by atoms with Crippen LogP contribution in [0.1, 0.15) is 28.9 Å². The zero-order valence-electron chi connectivity index (χ0n) is 9.26. The Morgan fingerprint density at radius 3 is 2.71 bits per heavy atom. The van der Waals surface area contributed by atoms with E-state index >= 15 is 0 Å². The van der Waals surface area contributed by atoms with Crippen LogP contribution >= 0.6 is 0 Å². The van der Waals surface area contributed by atoms with Gasteiger partial charge in [-0.15, -0.1) is 0 Å². The van der Waals surface area contributed by atoms with Gasteiger partial charge < -0.3 is 16.2 Å². The van der Waals surface area contributed by atoms with Crippen LogP contribution in [-0.2, 0) is 17.9 Å². The topological polar surface area (TPSA) is 113 Å². The minimum atomic E-state index is -0.893. The maximum absolute atomic E-state index is 11.3. The van der Waals surface area contributed by atoms with Gasteiger partial charge in [-0.05, 0) is 18.8 Å². The predicted molar refractivity (Wildman–Crippen MR) is 57.8 cm³/mol. The Bertz CT molecular complexity index is 450. The molecule has 17 heavy (non-hydrogen) atoms. The van der Waals surface area contributed by atoms with Gasteiger partial charge in [-0.3, -0.25) is 9.48 Å². The number of amides is 2. The molecule has 4 N–H and O–H groups in total. The lowest BCUT2D eigenvalue weighted by molar-refractivity contribution is 0.0983. The molecule has 1 aromatic heterocycles. The normalized spacial score (nSPS) is 14.6. The number of hydrogen-bond donors (Lipinski definition) is 2. The molecule has 0 atom stereocenters. The Balaban J connectivity index is 2.16. The fraction of sp³-hybridized carbons (Fsp3) is 0.500. The summed E-state index contributed by atoms with van der Waals surface area (Å²) in [6.45, 7) is 0.590. The van der Waals surface area contributed by atoms with Crippen molar-refractivity contribution >= 4 is 12.0 Å². The highest BCUT2D eigenvalue weighted by atomic mass is 16.5. The summed E-state index contributed by atoms with van der Waals surface area (Å²) >= 11 is 0. The lowest BCUT2D eigenvalue weighted by Gasteiger charge is -2.05. The highest BCUT2D eigenvalue weighted by molar-refractivity contribution is 5.92. The van der Waals surface area contributed by atoms with Gasteiger partial charge in [0.05, 0.1) is 6.20 Å². The first kappa shape index (κ1) is 11.4. The third kappa shape index (κ3) is 2.74. The Labute approximate surface area is 97.7 Å². The van der Waals surface area contributed by atoms with Gasteiger partial charge in [0.25, 0.3) is 5.91 Å². The first-order valence-corrected chi connectivity index (χ1v) is 5.34.